The molecule has 0 radical (unpaired) electrons. The molecule has 8 heteroatoms. The quantitative estimate of drug-likeness (QED) is 0.190. The fraction of sp³-hybridized carbons (Fsp3) is 0.0833. The van der Waals surface area contributed by atoms with E-state index < -0.39 is 0 Å². The fourth-order valence-corrected chi connectivity index (χ4v) is 5.53. The Kier molecular flexibility index (Phi) is 8.08. The standard InChI is InChI=1S/C24H20N4OS3/c29-22(17-31-24-28-27-23(32-24)30-16-19-7-3-1-4-8-19)26-25-15-18-11-13-21(14-12-18)20-9-5-2-6-10-20/h1-15H,16-17H2,(H,26,29)/b25-15+. The molecule has 0 aliphatic rings. The monoisotopic (exact) mass is 476 g/mol. The van der Waals surface area contributed by atoms with Crippen molar-refractivity contribution in [2.75, 3.05) is 5.75 Å². The molecular weight excluding hydrogens is 456 g/mol. The number of nitrogens with zero attached hydrogens (tertiary/aromatic N) is 3. The van der Waals surface area contributed by atoms with Crippen molar-refractivity contribution in [3.63, 3.8) is 0 Å². The van der Waals surface area contributed by atoms with Crippen LogP contribution in [0.3, 0.4) is 0 Å². The van der Waals surface area contributed by atoms with Crippen LogP contribution in [0.25, 0.3) is 11.1 Å². The van der Waals surface area contributed by atoms with E-state index in [-0.39, 0.29) is 11.7 Å². The van der Waals surface area contributed by atoms with Crippen LogP contribution in [0.2, 0.25) is 0 Å². The number of thioether (sulfide) groups is 2. The van der Waals surface area contributed by atoms with Gasteiger partial charge in [-0.05, 0) is 22.3 Å². The molecule has 0 saturated heterocycles. The van der Waals surface area contributed by atoms with Gasteiger partial charge in [0.25, 0.3) is 5.91 Å². The summed E-state index contributed by atoms with van der Waals surface area (Å²) in [6, 6.07) is 28.4. The summed E-state index contributed by atoms with van der Waals surface area (Å²) in [5.74, 6) is 0.907. The van der Waals surface area contributed by atoms with Crippen LogP contribution in [0.1, 0.15) is 11.1 Å². The lowest BCUT2D eigenvalue weighted by Crippen LogP contribution is -2.19. The maximum absolute atomic E-state index is 12.1. The number of rotatable bonds is 9. The molecule has 0 fully saturated rings. The van der Waals surface area contributed by atoms with Crippen LogP contribution in [0.15, 0.2) is 98.7 Å². The van der Waals surface area contributed by atoms with Gasteiger partial charge < -0.3 is 0 Å². The van der Waals surface area contributed by atoms with Gasteiger partial charge in [0.1, 0.15) is 0 Å². The van der Waals surface area contributed by atoms with Gasteiger partial charge in [0.2, 0.25) is 0 Å². The predicted octanol–water partition coefficient (Wildman–Crippen LogP) is 5.74. The number of carbonyl (C=O) groups is 1. The molecule has 0 spiro atoms. The molecule has 5 nitrogen and oxygen atoms in total. The zero-order chi connectivity index (χ0) is 22.0. The third-order valence-electron chi connectivity index (χ3n) is 4.34. The van der Waals surface area contributed by atoms with Crippen LogP contribution in [0.5, 0.6) is 0 Å². The summed E-state index contributed by atoms with van der Waals surface area (Å²) >= 11 is 4.51. The molecule has 0 atom stereocenters. The highest BCUT2D eigenvalue weighted by Gasteiger charge is 2.08. The third kappa shape index (κ3) is 6.78. The topological polar surface area (TPSA) is 67.2 Å². The molecule has 0 unspecified atom stereocenters. The van der Waals surface area contributed by atoms with Crippen LogP contribution in [0.4, 0.5) is 0 Å². The van der Waals surface area contributed by atoms with Gasteiger partial charge in [-0.15, -0.1) is 10.2 Å². The first-order valence-corrected chi connectivity index (χ1v) is 12.7. The molecule has 0 aliphatic heterocycles. The number of aromatic nitrogens is 2. The van der Waals surface area contributed by atoms with Crippen molar-refractivity contribution in [3.05, 3.63) is 96.1 Å². The minimum absolute atomic E-state index is 0.180. The molecule has 0 bridgehead atoms. The summed E-state index contributed by atoms with van der Waals surface area (Å²) in [6.07, 6.45) is 1.64. The van der Waals surface area contributed by atoms with Crippen molar-refractivity contribution in [1.29, 1.82) is 0 Å². The Morgan fingerprint density at radius 3 is 2.19 bits per heavy atom. The number of nitrogens with one attached hydrogen (secondary N) is 1. The molecule has 4 rings (SSSR count). The van der Waals surface area contributed by atoms with Crippen LogP contribution < -0.4 is 5.43 Å². The van der Waals surface area contributed by atoms with Crippen molar-refractivity contribution >= 4 is 47.0 Å². The first-order chi connectivity index (χ1) is 15.8. The van der Waals surface area contributed by atoms with Crippen LogP contribution >= 0.6 is 34.9 Å². The second-order valence-corrected chi connectivity index (χ2v) is 10.1. The molecule has 0 aliphatic carbocycles. The van der Waals surface area contributed by atoms with Gasteiger partial charge in [0, 0.05) is 5.75 Å². The van der Waals surface area contributed by atoms with Crippen LogP contribution in [0, 0.1) is 0 Å². The highest BCUT2D eigenvalue weighted by atomic mass is 32.2. The Balaban J connectivity index is 1.20. The summed E-state index contributed by atoms with van der Waals surface area (Å²) in [5, 5.41) is 12.4. The first-order valence-electron chi connectivity index (χ1n) is 9.87. The SMILES string of the molecule is O=C(CSc1nnc(SCc2ccccc2)s1)N/N=C/c1ccc(-c2ccccc2)cc1. The molecule has 1 N–H and O–H groups in total. The predicted molar refractivity (Wildman–Crippen MR) is 134 cm³/mol. The lowest BCUT2D eigenvalue weighted by molar-refractivity contribution is -0.118. The summed E-state index contributed by atoms with van der Waals surface area (Å²) < 4.78 is 1.67. The highest BCUT2D eigenvalue weighted by Crippen LogP contribution is 2.30. The average molecular weight is 477 g/mol. The Morgan fingerprint density at radius 2 is 1.47 bits per heavy atom. The Morgan fingerprint density at radius 1 is 0.844 bits per heavy atom. The molecule has 1 amide bonds. The summed E-state index contributed by atoms with van der Waals surface area (Å²) in [7, 11) is 0. The second kappa shape index (κ2) is 11.6. The van der Waals surface area contributed by atoms with E-state index in [4.69, 9.17) is 0 Å². The maximum Gasteiger partial charge on any atom is 0.250 e. The van der Waals surface area contributed by atoms with Gasteiger partial charge >= 0.3 is 0 Å². The van der Waals surface area contributed by atoms with E-state index >= 15 is 0 Å². The zero-order valence-corrected chi connectivity index (χ0v) is 19.5. The van der Waals surface area contributed by atoms with Gasteiger partial charge in [0.15, 0.2) is 8.68 Å². The van der Waals surface area contributed by atoms with E-state index in [2.05, 4.69) is 45.0 Å². The van der Waals surface area contributed by atoms with E-state index in [9.17, 15) is 4.79 Å². The van der Waals surface area contributed by atoms with E-state index in [1.165, 1.54) is 34.2 Å². The van der Waals surface area contributed by atoms with E-state index in [1.807, 2.05) is 60.7 Å². The Hall–Kier alpha value is -2.94. The molecule has 1 heterocycles. The Labute approximate surface area is 199 Å². The van der Waals surface area contributed by atoms with Crippen LogP contribution in [-0.4, -0.2) is 28.1 Å². The van der Waals surface area contributed by atoms with Crippen molar-refractivity contribution in [3.8, 4) is 11.1 Å². The smallest absolute Gasteiger partial charge is 0.250 e. The van der Waals surface area contributed by atoms with Crippen molar-refractivity contribution in [2.24, 2.45) is 5.10 Å². The summed E-state index contributed by atoms with van der Waals surface area (Å²) in [4.78, 5) is 12.1. The van der Waals surface area contributed by atoms with Crippen molar-refractivity contribution in [1.82, 2.24) is 15.6 Å². The summed E-state index contributed by atoms with van der Waals surface area (Å²) in [6.45, 7) is 0. The highest BCUT2D eigenvalue weighted by molar-refractivity contribution is 8.03. The number of hydrogen-bond acceptors (Lipinski definition) is 7. The van der Waals surface area contributed by atoms with Gasteiger partial charge in [0.05, 0.1) is 12.0 Å². The lowest BCUT2D eigenvalue weighted by Gasteiger charge is -2.02. The number of hydrazone groups is 1. The lowest BCUT2D eigenvalue weighted by atomic mass is 10.0. The number of benzene rings is 3. The number of hydrogen-bond donors (Lipinski definition) is 1. The molecule has 3 aromatic carbocycles. The summed E-state index contributed by atoms with van der Waals surface area (Å²) in [5.41, 5.74) is 7.03. The van der Waals surface area contributed by atoms with E-state index in [0.717, 1.165) is 25.6 Å². The minimum Gasteiger partial charge on any atom is -0.272 e. The van der Waals surface area contributed by atoms with Crippen molar-refractivity contribution < 1.29 is 4.79 Å². The molecule has 1 aromatic heterocycles. The van der Waals surface area contributed by atoms with Crippen LogP contribution in [-0.2, 0) is 10.5 Å². The van der Waals surface area contributed by atoms with Gasteiger partial charge in [-0.25, -0.2) is 5.43 Å². The second-order valence-electron chi connectivity index (χ2n) is 6.68. The van der Waals surface area contributed by atoms with Gasteiger partial charge in [-0.2, -0.15) is 5.10 Å². The normalized spacial score (nSPS) is 11.0. The van der Waals surface area contributed by atoms with E-state index in [0.29, 0.717) is 0 Å². The fourth-order valence-electron chi connectivity index (χ4n) is 2.76. The molecule has 0 saturated carbocycles. The maximum atomic E-state index is 12.1. The largest absolute Gasteiger partial charge is 0.272 e. The molecule has 32 heavy (non-hydrogen) atoms. The minimum atomic E-state index is -0.180. The van der Waals surface area contributed by atoms with Gasteiger partial charge in [-0.3, -0.25) is 4.79 Å². The van der Waals surface area contributed by atoms with Gasteiger partial charge in [-0.1, -0.05) is 120 Å². The number of carbonyl (C=O) groups excluding carboxylic acids is 1. The average Bonchev–Trinajstić information content (AvgIpc) is 3.31. The van der Waals surface area contributed by atoms with Crippen molar-refractivity contribution in [2.45, 2.75) is 14.4 Å². The molecule has 160 valence electrons. The third-order valence-corrected chi connectivity index (χ3v) is 7.60. The molecular formula is C24H20N4OS3. The molecule has 4 aromatic rings. The van der Waals surface area contributed by atoms with E-state index in [1.54, 1.807) is 18.0 Å². The Bertz CT molecular complexity index is 1160. The first kappa shape index (κ1) is 22.3. The number of amides is 1. The zero-order valence-electron chi connectivity index (χ0n) is 17.0.